The molecule has 0 aliphatic heterocycles. The summed E-state index contributed by atoms with van der Waals surface area (Å²) < 4.78 is 16.2. The highest BCUT2D eigenvalue weighted by Gasteiger charge is 2.24. The molecule has 0 amide bonds. The van der Waals surface area contributed by atoms with Crippen LogP contribution in [0.25, 0.3) is 0 Å². The molecule has 54 heavy (non-hydrogen) atoms. The number of rotatable bonds is 16. The second kappa shape index (κ2) is 25.4. The standard InChI is InChI=1S/C20H26O3.C19H24ClNO2.C5H12O.C2H6/c1-4-5-18(22)14-23-19-12-8-16(9-13-19)20(2,3)15-6-10-17(21)11-7-15;1-19(2,14-4-8-16(21-3)9-5-14)15-6-10-18(11-7-15)23-13-17(22)12-20;1-4-6-5(2)3;1-2/h6-13,18,21-22H,4-5,14H2,1-3H3;4-11,17,21-22H,12-13H2,1-3H3;5H,4H2,1-3H3;1-2H3. The SMILES string of the molecule is CC.CCCC(O)COc1ccc(C(C)(C)c2ccc(O)cc2)cc1.CCOC(C)C.CNc1ccc(C(C)(C)c2ccc(OCC(O)CCl)cc2)cc1. The van der Waals surface area contributed by atoms with Crippen LogP contribution in [0, 0.1) is 0 Å². The van der Waals surface area contributed by atoms with E-state index in [-0.39, 0.29) is 29.1 Å². The van der Waals surface area contributed by atoms with Gasteiger partial charge in [0.15, 0.2) is 0 Å². The van der Waals surface area contributed by atoms with Crippen molar-refractivity contribution in [3.05, 3.63) is 119 Å². The largest absolute Gasteiger partial charge is 0.508 e. The van der Waals surface area contributed by atoms with Gasteiger partial charge in [0.2, 0.25) is 0 Å². The van der Waals surface area contributed by atoms with Crippen molar-refractivity contribution in [3.8, 4) is 17.2 Å². The molecule has 300 valence electrons. The van der Waals surface area contributed by atoms with E-state index < -0.39 is 12.2 Å². The van der Waals surface area contributed by atoms with Crippen LogP contribution in [0.15, 0.2) is 97.1 Å². The smallest absolute Gasteiger partial charge is 0.119 e. The maximum Gasteiger partial charge on any atom is 0.119 e. The lowest BCUT2D eigenvalue weighted by atomic mass is 9.78. The van der Waals surface area contributed by atoms with Crippen LogP contribution < -0.4 is 14.8 Å². The average molecular weight is 767 g/mol. The monoisotopic (exact) mass is 765 g/mol. The van der Waals surface area contributed by atoms with E-state index in [2.05, 4.69) is 69.4 Å². The Morgan fingerprint density at radius 3 is 1.31 bits per heavy atom. The number of aliphatic hydroxyl groups excluding tert-OH is 2. The molecule has 0 radical (unpaired) electrons. The topological polar surface area (TPSA) is 100 Å². The van der Waals surface area contributed by atoms with Gasteiger partial charge in [0.1, 0.15) is 36.6 Å². The molecule has 2 unspecified atom stereocenters. The summed E-state index contributed by atoms with van der Waals surface area (Å²) in [4.78, 5) is 0. The molecule has 0 aromatic heterocycles. The minimum Gasteiger partial charge on any atom is -0.508 e. The predicted molar refractivity (Wildman–Crippen MR) is 228 cm³/mol. The molecule has 0 bridgehead atoms. The Labute approximate surface area is 331 Å². The lowest BCUT2D eigenvalue weighted by Gasteiger charge is -2.26. The van der Waals surface area contributed by atoms with Crippen molar-refractivity contribution in [1.29, 1.82) is 0 Å². The van der Waals surface area contributed by atoms with E-state index in [9.17, 15) is 15.3 Å². The lowest BCUT2D eigenvalue weighted by molar-refractivity contribution is 0.0899. The first-order valence-electron chi connectivity index (χ1n) is 19.3. The molecule has 4 N–H and O–H groups in total. The molecule has 0 aliphatic rings. The molecular weight excluding hydrogens is 698 g/mol. The van der Waals surface area contributed by atoms with Crippen molar-refractivity contribution < 1.29 is 29.5 Å². The van der Waals surface area contributed by atoms with Gasteiger partial charge in [-0.1, -0.05) is 103 Å². The molecule has 8 heteroatoms. The van der Waals surface area contributed by atoms with Gasteiger partial charge >= 0.3 is 0 Å². The van der Waals surface area contributed by atoms with Gasteiger partial charge in [-0.05, 0) is 98.0 Å². The number of hydrogen-bond donors (Lipinski definition) is 4. The van der Waals surface area contributed by atoms with E-state index in [1.165, 1.54) is 16.7 Å². The number of alkyl halides is 1. The molecule has 7 nitrogen and oxygen atoms in total. The van der Waals surface area contributed by atoms with Crippen LogP contribution in [0.1, 0.15) is 104 Å². The molecule has 4 aromatic carbocycles. The Hall–Kier alpha value is -3.75. The molecule has 0 saturated heterocycles. The Bertz CT molecular complexity index is 1520. The van der Waals surface area contributed by atoms with Crippen LogP contribution in [-0.4, -0.2) is 66.4 Å². The van der Waals surface area contributed by atoms with Gasteiger partial charge in [-0.3, -0.25) is 0 Å². The predicted octanol–water partition coefficient (Wildman–Crippen LogP) is 10.7. The normalized spacial score (nSPS) is 12.1. The number of ether oxygens (including phenoxy) is 3. The summed E-state index contributed by atoms with van der Waals surface area (Å²) in [5, 5.41) is 31.7. The number of nitrogens with one attached hydrogen (secondary N) is 1. The fraction of sp³-hybridized carbons (Fsp3) is 0.478. The van der Waals surface area contributed by atoms with E-state index in [0.29, 0.717) is 12.7 Å². The third-order valence-corrected chi connectivity index (χ3v) is 9.18. The summed E-state index contributed by atoms with van der Waals surface area (Å²) in [5.74, 6) is 1.96. The fourth-order valence-electron chi connectivity index (χ4n) is 5.38. The van der Waals surface area contributed by atoms with Crippen LogP contribution in [0.3, 0.4) is 0 Å². The van der Waals surface area contributed by atoms with Gasteiger partial charge in [0.05, 0.1) is 18.1 Å². The number of aliphatic hydroxyl groups is 2. The second-order valence-electron chi connectivity index (χ2n) is 14.0. The van der Waals surface area contributed by atoms with Crippen molar-refractivity contribution in [1.82, 2.24) is 0 Å². The number of anilines is 1. The van der Waals surface area contributed by atoms with Gasteiger partial charge in [0, 0.05) is 30.2 Å². The van der Waals surface area contributed by atoms with Gasteiger partial charge in [-0.25, -0.2) is 0 Å². The molecular formula is C46H68ClNO6. The van der Waals surface area contributed by atoms with Crippen molar-refractivity contribution in [2.75, 3.05) is 38.1 Å². The maximum absolute atomic E-state index is 9.72. The number of phenols is 1. The maximum atomic E-state index is 9.72. The van der Waals surface area contributed by atoms with Crippen LogP contribution in [0.5, 0.6) is 17.2 Å². The molecule has 4 aromatic rings. The third-order valence-electron chi connectivity index (χ3n) is 8.82. The minimum absolute atomic E-state index is 0.0968. The van der Waals surface area contributed by atoms with Crippen molar-refractivity contribution >= 4 is 17.3 Å². The number of phenolic OH excluding ortho intramolecular Hbond substituents is 1. The average Bonchev–Trinajstić information content (AvgIpc) is 3.18. The fourth-order valence-corrected chi connectivity index (χ4v) is 5.47. The van der Waals surface area contributed by atoms with Crippen molar-refractivity contribution in [2.45, 2.75) is 111 Å². The Balaban J connectivity index is 0.000000451. The van der Waals surface area contributed by atoms with Gasteiger partial charge in [-0.15, -0.1) is 11.6 Å². The molecule has 4 rings (SSSR count). The summed E-state index contributed by atoms with van der Waals surface area (Å²) in [7, 11) is 1.92. The second-order valence-corrected chi connectivity index (χ2v) is 14.4. The molecule has 0 spiro atoms. The van der Waals surface area contributed by atoms with E-state index >= 15 is 0 Å². The van der Waals surface area contributed by atoms with Crippen molar-refractivity contribution in [3.63, 3.8) is 0 Å². The highest BCUT2D eigenvalue weighted by molar-refractivity contribution is 6.18. The summed E-state index contributed by atoms with van der Waals surface area (Å²) in [5.41, 5.74) is 5.62. The zero-order chi connectivity index (χ0) is 40.7. The first-order valence-corrected chi connectivity index (χ1v) is 19.8. The first-order chi connectivity index (χ1) is 25.7. The van der Waals surface area contributed by atoms with Crippen LogP contribution in [0.2, 0.25) is 0 Å². The van der Waals surface area contributed by atoms with E-state index in [0.717, 1.165) is 42.2 Å². The van der Waals surface area contributed by atoms with Gasteiger partial charge in [-0.2, -0.15) is 0 Å². The van der Waals surface area contributed by atoms with E-state index in [1.54, 1.807) is 12.1 Å². The quantitative estimate of drug-likeness (QED) is 0.0843. The van der Waals surface area contributed by atoms with Crippen LogP contribution in [0.4, 0.5) is 5.69 Å². The van der Waals surface area contributed by atoms with Crippen LogP contribution >= 0.6 is 11.6 Å². The zero-order valence-electron chi connectivity index (χ0n) is 34.7. The Morgan fingerprint density at radius 1 is 0.630 bits per heavy atom. The minimum atomic E-state index is -0.640. The number of hydrogen-bond acceptors (Lipinski definition) is 7. The number of halogens is 1. The number of benzene rings is 4. The summed E-state index contributed by atoms with van der Waals surface area (Å²) in [6, 6.07) is 31.7. The Kier molecular flexibility index (Phi) is 22.7. The zero-order valence-corrected chi connectivity index (χ0v) is 35.4. The molecule has 0 heterocycles. The molecule has 0 fully saturated rings. The van der Waals surface area contributed by atoms with Gasteiger partial charge < -0.3 is 34.8 Å². The Morgan fingerprint density at radius 2 is 1.00 bits per heavy atom. The summed E-state index contributed by atoms with van der Waals surface area (Å²) >= 11 is 5.56. The lowest BCUT2D eigenvalue weighted by Crippen LogP contribution is -2.20. The third kappa shape index (κ3) is 16.7. The molecule has 0 saturated carbocycles. The van der Waals surface area contributed by atoms with E-state index in [4.69, 9.17) is 25.8 Å². The van der Waals surface area contributed by atoms with Gasteiger partial charge in [0.25, 0.3) is 0 Å². The number of aromatic hydroxyl groups is 1. The van der Waals surface area contributed by atoms with E-state index in [1.807, 2.05) is 97.1 Å². The van der Waals surface area contributed by atoms with Crippen molar-refractivity contribution in [2.24, 2.45) is 0 Å². The molecule has 0 aliphatic carbocycles. The first kappa shape index (κ1) is 48.3. The highest BCUT2D eigenvalue weighted by Crippen LogP contribution is 2.34. The summed E-state index contributed by atoms with van der Waals surface area (Å²) in [6.45, 7) is 22.2. The summed E-state index contributed by atoms with van der Waals surface area (Å²) in [6.07, 6.45) is 1.05. The highest BCUT2D eigenvalue weighted by atomic mass is 35.5. The van der Waals surface area contributed by atoms with Crippen LogP contribution in [-0.2, 0) is 15.6 Å². The molecule has 2 atom stereocenters.